The van der Waals surface area contributed by atoms with Crippen LogP contribution in [0.4, 0.5) is 5.69 Å². The zero-order valence-corrected chi connectivity index (χ0v) is 10.4. The number of hydrogen-bond acceptors (Lipinski definition) is 4. The maximum atomic E-state index is 11.8. The number of fused-ring (bicyclic) bond motifs is 1. The van der Waals surface area contributed by atoms with Gasteiger partial charge in [0.1, 0.15) is 18.0 Å². The fourth-order valence-electron chi connectivity index (χ4n) is 1.60. The summed E-state index contributed by atoms with van der Waals surface area (Å²) >= 11 is 0. The van der Waals surface area contributed by atoms with Crippen LogP contribution in [0, 0.1) is 0 Å². The molecule has 0 atom stereocenters. The topological polar surface area (TPSA) is 47.6 Å². The highest BCUT2D eigenvalue weighted by Crippen LogP contribution is 2.28. The van der Waals surface area contributed by atoms with E-state index in [1.54, 1.807) is 12.1 Å². The summed E-state index contributed by atoms with van der Waals surface area (Å²) in [6, 6.07) is 5.30. The molecule has 0 saturated heterocycles. The second kappa shape index (κ2) is 4.28. The third-order valence-corrected chi connectivity index (χ3v) is 2.29. The number of ether oxygens (including phenoxy) is 2. The molecule has 0 radical (unpaired) electrons. The number of carbonyl (C=O) groups excluding carboxylic acids is 1. The molecule has 92 valence electrons. The molecule has 1 aliphatic heterocycles. The Morgan fingerprint density at radius 2 is 2.18 bits per heavy atom. The Morgan fingerprint density at radius 1 is 1.41 bits per heavy atom. The van der Waals surface area contributed by atoms with E-state index in [9.17, 15) is 4.79 Å². The normalized spacial score (nSPS) is 14.3. The van der Waals surface area contributed by atoms with E-state index in [0.717, 1.165) is 12.2 Å². The van der Waals surface area contributed by atoms with Gasteiger partial charge in [-0.25, -0.2) is 4.79 Å². The predicted molar refractivity (Wildman–Crippen MR) is 65.6 cm³/mol. The SMILES string of the molecule is CC(C)(C)OC(=O)c1ccc2c(c1)OCCN2. The summed E-state index contributed by atoms with van der Waals surface area (Å²) in [5.74, 6) is 0.383. The van der Waals surface area contributed by atoms with E-state index in [-0.39, 0.29) is 5.97 Å². The second-order valence-corrected chi connectivity index (χ2v) is 4.99. The van der Waals surface area contributed by atoms with Gasteiger partial charge in [0.05, 0.1) is 11.3 Å². The summed E-state index contributed by atoms with van der Waals surface area (Å²) in [6.07, 6.45) is 0. The second-order valence-electron chi connectivity index (χ2n) is 4.99. The molecule has 1 aromatic rings. The van der Waals surface area contributed by atoms with Crippen molar-refractivity contribution in [2.75, 3.05) is 18.5 Å². The zero-order chi connectivity index (χ0) is 12.5. The van der Waals surface area contributed by atoms with Crippen LogP contribution >= 0.6 is 0 Å². The molecule has 0 fully saturated rings. The summed E-state index contributed by atoms with van der Waals surface area (Å²) < 4.78 is 10.8. The van der Waals surface area contributed by atoms with Gasteiger partial charge in [-0.15, -0.1) is 0 Å². The average molecular weight is 235 g/mol. The molecule has 4 heteroatoms. The maximum absolute atomic E-state index is 11.8. The highest BCUT2D eigenvalue weighted by Gasteiger charge is 2.19. The number of esters is 1. The van der Waals surface area contributed by atoms with Crippen molar-refractivity contribution in [3.8, 4) is 5.75 Å². The fraction of sp³-hybridized carbons (Fsp3) is 0.462. The van der Waals surface area contributed by atoms with Crippen LogP contribution in [-0.2, 0) is 4.74 Å². The van der Waals surface area contributed by atoms with Crippen LogP contribution in [0.25, 0.3) is 0 Å². The van der Waals surface area contributed by atoms with E-state index < -0.39 is 5.60 Å². The molecule has 4 nitrogen and oxygen atoms in total. The van der Waals surface area contributed by atoms with E-state index >= 15 is 0 Å². The summed E-state index contributed by atoms with van der Waals surface area (Å²) in [4.78, 5) is 11.8. The van der Waals surface area contributed by atoms with Crippen molar-refractivity contribution in [1.82, 2.24) is 0 Å². The number of rotatable bonds is 1. The highest BCUT2D eigenvalue weighted by atomic mass is 16.6. The number of benzene rings is 1. The Kier molecular flexibility index (Phi) is 2.96. The largest absolute Gasteiger partial charge is 0.490 e. The van der Waals surface area contributed by atoms with Crippen molar-refractivity contribution in [2.24, 2.45) is 0 Å². The van der Waals surface area contributed by atoms with Gasteiger partial charge in [-0.05, 0) is 39.0 Å². The van der Waals surface area contributed by atoms with Crippen LogP contribution < -0.4 is 10.1 Å². The molecule has 0 unspecified atom stereocenters. The fourth-order valence-corrected chi connectivity index (χ4v) is 1.60. The Hall–Kier alpha value is -1.71. The smallest absolute Gasteiger partial charge is 0.338 e. The Morgan fingerprint density at radius 3 is 2.88 bits per heavy atom. The number of anilines is 1. The molecule has 0 amide bonds. The lowest BCUT2D eigenvalue weighted by atomic mass is 10.1. The summed E-state index contributed by atoms with van der Waals surface area (Å²) in [7, 11) is 0. The lowest BCUT2D eigenvalue weighted by Crippen LogP contribution is -2.24. The molecule has 17 heavy (non-hydrogen) atoms. The van der Waals surface area contributed by atoms with Crippen LogP contribution in [0.1, 0.15) is 31.1 Å². The summed E-state index contributed by atoms with van der Waals surface area (Å²) in [6.45, 7) is 6.95. The first-order chi connectivity index (χ1) is 7.96. The molecule has 0 aliphatic carbocycles. The maximum Gasteiger partial charge on any atom is 0.338 e. The quantitative estimate of drug-likeness (QED) is 0.759. The molecular weight excluding hydrogens is 218 g/mol. The van der Waals surface area contributed by atoms with E-state index in [1.165, 1.54) is 0 Å². The standard InChI is InChI=1S/C13H17NO3/c1-13(2,3)17-12(15)9-4-5-10-11(8-9)16-7-6-14-10/h4-5,8,14H,6-7H2,1-3H3. The highest BCUT2D eigenvalue weighted by molar-refractivity contribution is 5.91. The number of hydrogen-bond donors (Lipinski definition) is 1. The summed E-state index contributed by atoms with van der Waals surface area (Å²) in [5, 5.41) is 3.20. The minimum absolute atomic E-state index is 0.325. The lowest BCUT2D eigenvalue weighted by molar-refractivity contribution is 0.00691. The first kappa shape index (κ1) is 11.8. The molecule has 0 bridgehead atoms. The Labute approximate surface area is 101 Å². The van der Waals surface area contributed by atoms with Gasteiger partial charge in [0.25, 0.3) is 0 Å². The van der Waals surface area contributed by atoms with Gasteiger partial charge in [-0.1, -0.05) is 0 Å². The molecule has 1 heterocycles. The van der Waals surface area contributed by atoms with Crippen LogP contribution in [0.5, 0.6) is 5.75 Å². The first-order valence-electron chi connectivity index (χ1n) is 5.70. The number of nitrogens with one attached hydrogen (secondary N) is 1. The van der Waals surface area contributed by atoms with Gasteiger partial charge in [0.2, 0.25) is 0 Å². The van der Waals surface area contributed by atoms with E-state index in [4.69, 9.17) is 9.47 Å². The predicted octanol–water partition coefficient (Wildman–Crippen LogP) is 2.45. The molecule has 0 spiro atoms. The Balaban J connectivity index is 2.19. The van der Waals surface area contributed by atoms with Crippen molar-refractivity contribution >= 4 is 11.7 Å². The van der Waals surface area contributed by atoms with Crippen molar-refractivity contribution in [3.05, 3.63) is 23.8 Å². The minimum Gasteiger partial charge on any atom is -0.490 e. The van der Waals surface area contributed by atoms with Gasteiger partial charge in [0, 0.05) is 6.54 Å². The van der Waals surface area contributed by atoms with Crippen molar-refractivity contribution < 1.29 is 14.3 Å². The van der Waals surface area contributed by atoms with Crippen molar-refractivity contribution in [3.63, 3.8) is 0 Å². The van der Waals surface area contributed by atoms with Gasteiger partial charge in [-0.3, -0.25) is 0 Å². The molecule has 1 aliphatic rings. The van der Waals surface area contributed by atoms with Crippen LogP contribution in [0.15, 0.2) is 18.2 Å². The lowest BCUT2D eigenvalue weighted by Gasteiger charge is -2.22. The molecular formula is C13H17NO3. The van der Waals surface area contributed by atoms with Crippen LogP contribution in [-0.4, -0.2) is 24.7 Å². The Bertz CT molecular complexity index is 435. The van der Waals surface area contributed by atoms with Crippen molar-refractivity contribution in [2.45, 2.75) is 26.4 Å². The number of carbonyl (C=O) groups is 1. The van der Waals surface area contributed by atoms with Gasteiger partial charge in [0.15, 0.2) is 0 Å². The first-order valence-corrected chi connectivity index (χ1v) is 5.70. The molecule has 1 N–H and O–H groups in total. The average Bonchev–Trinajstić information content (AvgIpc) is 2.26. The molecule has 0 saturated carbocycles. The minimum atomic E-state index is -0.480. The summed E-state index contributed by atoms with van der Waals surface area (Å²) in [5.41, 5.74) is 0.956. The third-order valence-electron chi connectivity index (χ3n) is 2.29. The zero-order valence-electron chi connectivity index (χ0n) is 10.4. The molecule has 1 aromatic carbocycles. The van der Waals surface area contributed by atoms with E-state index in [0.29, 0.717) is 17.9 Å². The molecule has 2 rings (SSSR count). The van der Waals surface area contributed by atoms with Crippen LogP contribution in [0.3, 0.4) is 0 Å². The van der Waals surface area contributed by atoms with Crippen LogP contribution in [0.2, 0.25) is 0 Å². The monoisotopic (exact) mass is 235 g/mol. The van der Waals surface area contributed by atoms with E-state index in [1.807, 2.05) is 26.8 Å². The van der Waals surface area contributed by atoms with Gasteiger partial charge >= 0.3 is 5.97 Å². The molecule has 0 aromatic heterocycles. The van der Waals surface area contributed by atoms with E-state index in [2.05, 4.69) is 5.32 Å². The van der Waals surface area contributed by atoms with Gasteiger partial charge < -0.3 is 14.8 Å². The van der Waals surface area contributed by atoms with Gasteiger partial charge in [-0.2, -0.15) is 0 Å². The van der Waals surface area contributed by atoms with Crippen molar-refractivity contribution in [1.29, 1.82) is 0 Å². The third kappa shape index (κ3) is 2.90.